The van der Waals surface area contributed by atoms with E-state index in [2.05, 4.69) is 40.6 Å². The number of nitrogens with zero attached hydrogens (tertiary/aromatic N) is 2. The highest BCUT2D eigenvalue weighted by molar-refractivity contribution is 7.90. The molecule has 0 unspecified atom stereocenters. The molecule has 3 rings (SSSR count). The molecule has 0 atom stereocenters. The van der Waals surface area contributed by atoms with E-state index in [-0.39, 0.29) is 4.90 Å². The molecule has 0 fully saturated rings. The van der Waals surface area contributed by atoms with E-state index < -0.39 is 10.0 Å². The van der Waals surface area contributed by atoms with Gasteiger partial charge in [-0.05, 0) is 62.2 Å². The Kier molecular flexibility index (Phi) is 8.49. The number of sulfonamides is 1. The van der Waals surface area contributed by atoms with E-state index in [1.807, 2.05) is 18.2 Å². The fourth-order valence-corrected chi connectivity index (χ4v) is 4.86. The minimum Gasteiger partial charge on any atom is -0.494 e. The number of amidine groups is 1. The zero-order valence-electron chi connectivity index (χ0n) is 18.5. The lowest BCUT2D eigenvalue weighted by molar-refractivity contribution is 0.260. The fraction of sp³-hybridized carbons (Fsp3) is 0.458. The first-order chi connectivity index (χ1) is 15.0. The maximum Gasteiger partial charge on any atom is 0.285 e. The summed E-state index contributed by atoms with van der Waals surface area (Å²) < 4.78 is 34.0. The van der Waals surface area contributed by atoms with E-state index >= 15 is 0 Å². The smallest absolute Gasteiger partial charge is 0.285 e. The molecular formula is C24H33N3O3S. The molecule has 0 aromatic heterocycles. The Bertz CT molecular complexity index is 989. The van der Waals surface area contributed by atoms with Crippen molar-refractivity contribution in [3.05, 3.63) is 59.7 Å². The van der Waals surface area contributed by atoms with Gasteiger partial charge in [-0.2, -0.15) is 8.42 Å². The molecule has 1 heterocycles. The van der Waals surface area contributed by atoms with Crippen LogP contribution in [0.1, 0.15) is 50.7 Å². The van der Waals surface area contributed by atoms with Gasteiger partial charge in [-0.15, -0.1) is 4.40 Å². The highest BCUT2D eigenvalue weighted by atomic mass is 32.2. The van der Waals surface area contributed by atoms with Crippen molar-refractivity contribution >= 4 is 15.9 Å². The first kappa shape index (κ1) is 23.3. The Morgan fingerprint density at radius 3 is 2.65 bits per heavy atom. The average molecular weight is 444 g/mol. The van der Waals surface area contributed by atoms with E-state index in [1.165, 1.54) is 18.4 Å². The SMILES string of the molecule is CCCCN(CCC)Cc1cccc(OCCCNC2=NS(=O)(=O)c3ccccc32)c1. The minimum atomic E-state index is -3.58. The lowest BCUT2D eigenvalue weighted by Gasteiger charge is -2.21. The maximum atomic E-state index is 12.1. The molecule has 2 aromatic carbocycles. The van der Waals surface area contributed by atoms with Crippen LogP contribution in [0.4, 0.5) is 0 Å². The van der Waals surface area contributed by atoms with Crippen molar-refractivity contribution in [3.8, 4) is 5.75 Å². The number of hydrogen-bond acceptors (Lipinski definition) is 5. The van der Waals surface area contributed by atoms with Crippen molar-refractivity contribution in [3.63, 3.8) is 0 Å². The van der Waals surface area contributed by atoms with Gasteiger partial charge in [0.25, 0.3) is 10.0 Å². The van der Waals surface area contributed by atoms with Crippen LogP contribution in [0.15, 0.2) is 57.8 Å². The van der Waals surface area contributed by atoms with E-state index in [0.717, 1.165) is 38.2 Å². The Balaban J connectivity index is 1.46. The van der Waals surface area contributed by atoms with Gasteiger partial charge in [0.2, 0.25) is 0 Å². The lowest BCUT2D eigenvalue weighted by Crippen LogP contribution is -2.25. The summed E-state index contributed by atoms with van der Waals surface area (Å²) in [7, 11) is -3.58. The molecule has 0 bridgehead atoms. The molecule has 2 aromatic rings. The molecule has 1 aliphatic rings. The quantitative estimate of drug-likeness (QED) is 0.498. The van der Waals surface area contributed by atoms with Crippen LogP contribution in [0.25, 0.3) is 0 Å². The number of benzene rings is 2. The fourth-order valence-electron chi connectivity index (χ4n) is 3.66. The number of unbranched alkanes of at least 4 members (excludes halogenated alkanes) is 1. The van der Waals surface area contributed by atoms with Crippen LogP contribution >= 0.6 is 0 Å². The minimum absolute atomic E-state index is 0.265. The van der Waals surface area contributed by atoms with Crippen molar-refractivity contribution in [1.29, 1.82) is 0 Å². The molecule has 7 heteroatoms. The number of fused-ring (bicyclic) bond motifs is 1. The van der Waals surface area contributed by atoms with Gasteiger partial charge >= 0.3 is 0 Å². The summed E-state index contributed by atoms with van der Waals surface area (Å²) in [4.78, 5) is 2.77. The highest BCUT2D eigenvalue weighted by Crippen LogP contribution is 2.24. The van der Waals surface area contributed by atoms with Crippen LogP contribution < -0.4 is 10.1 Å². The van der Waals surface area contributed by atoms with Gasteiger partial charge < -0.3 is 10.1 Å². The normalized spacial score (nSPS) is 14.4. The van der Waals surface area contributed by atoms with Crippen LogP contribution in [0, 0.1) is 0 Å². The third kappa shape index (κ3) is 6.55. The molecule has 1 aliphatic heterocycles. The number of hydrogen-bond donors (Lipinski definition) is 1. The number of nitrogens with one attached hydrogen (secondary N) is 1. The van der Waals surface area contributed by atoms with Crippen molar-refractivity contribution < 1.29 is 13.2 Å². The summed E-state index contributed by atoms with van der Waals surface area (Å²) in [6.45, 7) is 8.77. The summed E-state index contributed by atoms with van der Waals surface area (Å²) in [5.74, 6) is 1.29. The molecule has 0 saturated heterocycles. The van der Waals surface area contributed by atoms with Crippen LogP contribution in [0.5, 0.6) is 5.75 Å². The second-order valence-electron chi connectivity index (χ2n) is 7.82. The first-order valence-electron chi connectivity index (χ1n) is 11.2. The molecule has 0 saturated carbocycles. The number of rotatable bonds is 12. The van der Waals surface area contributed by atoms with E-state index in [9.17, 15) is 8.42 Å². The van der Waals surface area contributed by atoms with Gasteiger partial charge in [0, 0.05) is 18.7 Å². The van der Waals surface area contributed by atoms with Crippen molar-refractivity contribution in [2.24, 2.45) is 4.40 Å². The van der Waals surface area contributed by atoms with Gasteiger partial charge in [0.15, 0.2) is 0 Å². The molecule has 168 valence electrons. The maximum absolute atomic E-state index is 12.1. The average Bonchev–Trinajstić information content (AvgIpc) is 3.02. The summed E-state index contributed by atoms with van der Waals surface area (Å²) >= 11 is 0. The van der Waals surface area contributed by atoms with E-state index in [1.54, 1.807) is 18.2 Å². The third-order valence-corrected chi connectivity index (χ3v) is 6.52. The van der Waals surface area contributed by atoms with Crippen LogP contribution in [0.2, 0.25) is 0 Å². The van der Waals surface area contributed by atoms with Crippen LogP contribution in [0.3, 0.4) is 0 Å². The molecule has 0 spiro atoms. The predicted molar refractivity (Wildman–Crippen MR) is 125 cm³/mol. The van der Waals surface area contributed by atoms with Gasteiger partial charge in [-0.25, -0.2) is 0 Å². The summed E-state index contributed by atoms with van der Waals surface area (Å²) in [6.07, 6.45) is 4.33. The Hall–Kier alpha value is -2.38. The molecule has 1 N–H and O–H groups in total. The molecule has 0 amide bonds. The van der Waals surface area contributed by atoms with Gasteiger partial charge in [-0.3, -0.25) is 4.90 Å². The Morgan fingerprint density at radius 2 is 1.84 bits per heavy atom. The second kappa shape index (κ2) is 11.3. The Morgan fingerprint density at radius 1 is 1.00 bits per heavy atom. The summed E-state index contributed by atoms with van der Waals surface area (Å²) in [6, 6.07) is 15.2. The predicted octanol–water partition coefficient (Wildman–Crippen LogP) is 4.21. The monoisotopic (exact) mass is 443 g/mol. The zero-order valence-corrected chi connectivity index (χ0v) is 19.3. The third-order valence-electron chi connectivity index (χ3n) is 5.19. The largest absolute Gasteiger partial charge is 0.494 e. The highest BCUT2D eigenvalue weighted by Gasteiger charge is 2.27. The second-order valence-corrected chi connectivity index (χ2v) is 9.39. The lowest BCUT2D eigenvalue weighted by atomic mass is 10.2. The molecular weight excluding hydrogens is 410 g/mol. The molecule has 0 radical (unpaired) electrons. The van der Waals surface area contributed by atoms with Crippen molar-refractivity contribution in [1.82, 2.24) is 10.2 Å². The van der Waals surface area contributed by atoms with E-state index in [0.29, 0.717) is 24.6 Å². The molecule has 0 aliphatic carbocycles. The van der Waals surface area contributed by atoms with Crippen LogP contribution in [-0.2, 0) is 16.6 Å². The van der Waals surface area contributed by atoms with Gasteiger partial charge in [0.1, 0.15) is 16.5 Å². The Labute approximate surface area is 186 Å². The van der Waals surface area contributed by atoms with Crippen molar-refractivity contribution in [2.45, 2.75) is 51.0 Å². The standard InChI is InChI=1S/C24H33N3O3S/c1-3-5-16-27(15-4-2)19-20-10-8-11-21(18-20)30-17-9-14-25-24-22-12-6-7-13-23(22)31(28,29)26-24/h6-8,10-13,18H,3-5,9,14-17,19H2,1-2H3,(H,25,26). The first-order valence-corrected chi connectivity index (χ1v) is 12.6. The summed E-state index contributed by atoms with van der Waals surface area (Å²) in [5, 5.41) is 3.13. The summed E-state index contributed by atoms with van der Waals surface area (Å²) in [5.41, 5.74) is 1.90. The van der Waals surface area contributed by atoms with E-state index in [4.69, 9.17) is 4.74 Å². The van der Waals surface area contributed by atoms with Crippen LogP contribution in [-0.4, -0.2) is 45.4 Å². The molecule has 31 heavy (non-hydrogen) atoms. The zero-order chi connectivity index (χ0) is 22.1. The molecule has 6 nitrogen and oxygen atoms in total. The van der Waals surface area contributed by atoms with Gasteiger partial charge in [-0.1, -0.05) is 44.5 Å². The van der Waals surface area contributed by atoms with Gasteiger partial charge in [0.05, 0.1) is 6.61 Å². The topological polar surface area (TPSA) is 71.0 Å². The van der Waals surface area contributed by atoms with Crippen molar-refractivity contribution in [2.75, 3.05) is 26.2 Å². The number of ether oxygens (including phenoxy) is 1.